The van der Waals surface area contributed by atoms with E-state index in [-0.39, 0.29) is 0 Å². The smallest absolute Gasteiger partial charge is 0.135 e. The molecule has 328 valence electrons. The molecule has 2 aromatic heterocycles. The molecule has 1 aliphatic carbocycles. The minimum Gasteiger partial charge on any atom is -0.456 e. The van der Waals surface area contributed by atoms with Crippen LogP contribution in [0.15, 0.2) is 265 Å². The molecule has 0 unspecified atom stereocenters. The van der Waals surface area contributed by atoms with Crippen LogP contribution in [0.1, 0.15) is 22.3 Å². The monoisotopic (exact) mass is 909 g/mol. The van der Waals surface area contributed by atoms with E-state index in [1.807, 2.05) is 23.5 Å². The quantitative estimate of drug-likeness (QED) is 0.151. The maximum absolute atomic E-state index is 6.17. The van der Waals surface area contributed by atoms with Crippen LogP contribution in [0, 0.1) is 0 Å². The Morgan fingerprint density at radius 2 is 0.843 bits per heavy atom. The first-order chi connectivity index (χ1) is 34.7. The number of fused-ring (bicyclic) bond motifs is 9. The van der Waals surface area contributed by atoms with E-state index in [0.717, 1.165) is 50.1 Å². The molecule has 2 nitrogen and oxygen atoms in total. The van der Waals surface area contributed by atoms with Gasteiger partial charge in [-0.2, -0.15) is 0 Å². The van der Waals surface area contributed by atoms with Gasteiger partial charge in [-0.3, -0.25) is 0 Å². The van der Waals surface area contributed by atoms with E-state index in [2.05, 4.69) is 254 Å². The Balaban J connectivity index is 0.907. The van der Waals surface area contributed by atoms with Crippen molar-refractivity contribution < 1.29 is 4.42 Å². The summed E-state index contributed by atoms with van der Waals surface area (Å²) in [7, 11) is 0. The standard InChI is InChI=1S/C67H43NOS/c1-3-18-50(19-4-1)67(51-20-5-2-6-21-51)61-26-10-7-23-55(61)58-43-54(35-36-62(58)67)68(53-22-14-17-47(40-53)49-32-38-66-60(42-49)57-25-9-12-28-65(57)70-66)52-33-29-44(30-34-52)45-15-13-16-46(39-45)48-31-37-64-59(41-48)56-24-8-11-27-63(56)69-64/h1-43H. The first-order valence-electron chi connectivity index (χ1n) is 24.0. The molecule has 0 radical (unpaired) electrons. The number of hydrogen-bond donors (Lipinski definition) is 0. The number of rotatable bonds is 8. The predicted octanol–water partition coefficient (Wildman–Crippen LogP) is 18.8. The van der Waals surface area contributed by atoms with Crippen LogP contribution in [0.3, 0.4) is 0 Å². The lowest BCUT2D eigenvalue weighted by molar-refractivity contribution is 0.669. The summed E-state index contributed by atoms with van der Waals surface area (Å²) in [5.74, 6) is 0. The zero-order chi connectivity index (χ0) is 46.2. The molecule has 13 aromatic rings. The van der Waals surface area contributed by atoms with Gasteiger partial charge in [0.1, 0.15) is 11.2 Å². The van der Waals surface area contributed by atoms with Gasteiger partial charge in [-0.1, -0.05) is 182 Å². The summed E-state index contributed by atoms with van der Waals surface area (Å²) in [6.07, 6.45) is 0. The Hall–Kier alpha value is -8.76. The minimum atomic E-state index is -0.476. The fourth-order valence-corrected chi connectivity index (χ4v) is 12.4. The Bertz CT molecular complexity index is 4090. The van der Waals surface area contributed by atoms with E-state index in [4.69, 9.17) is 4.42 Å². The molecule has 0 saturated heterocycles. The first-order valence-corrected chi connectivity index (χ1v) is 24.8. The van der Waals surface area contributed by atoms with Gasteiger partial charge < -0.3 is 9.32 Å². The normalized spacial score (nSPS) is 12.7. The predicted molar refractivity (Wildman–Crippen MR) is 295 cm³/mol. The first kappa shape index (κ1) is 40.3. The number of hydrogen-bond acceptors (Lipinski definition) is 3. The molecule has 3 heteroatoms. The number of nitrogens with zero attached hydrogens (tertiary/aromatic N) is 1. The number of para-hydroxylation sites is 1. The van der Waals surface area contributed by atoms with Crippen LogP contribution in [0.5, 0.6) is 0 Å². The van der Waals surface area contributed by atoms with Crippen LogP contribution in [0.25, 0.3) is 86.6 Å². The Morgan fingerprint density at radius 3 is 1.64 bits per heavy atom. The Labute approximate surface area is 410 Å². The Morgan fingerprint density at radius 1 is 0.300 bits per heavy atom. The molecule has 0 amide bonds. The molecule has 0 saturated carbocycles. The summed E-state index contributed by atoms with van der Waals surface area (Å²) in [5, 5.41) is 4.88. The topological polar surface area (TPSA) is 16.4 Å². The molecule has 0 aliphatic heterocycles. The number of furan rings is 1. The van der Waals surface area contributed by atoms with E-state index >= 15 is 0 Å². The number of benzene rings is 11. The van der Waals surface area contributed by atoms with Crippen LogP contribution < -0.4 is 4.90 Å². The van der Waals surface area contributed by atoms with Crippen molar-refractivity contribution in [3.63, 3.8) is 0 Å². The second-order valence-corrected chi connectivity index (χ2v) is 19.5. The van der Waals surface area contributed by atoms with Crippen molar-refractivity contribution in [2.45, 2.75) is 5.41 Å². The molecule has 70 heavy (non-hydrogen) atoms. The summed E-state index contributed by atoms with van der Waals surface area (Å²) in [4.78, 5) is 2.43. The van der Waals surface area contributed by atoms with Crippen LogP contribution in [-0.4, -0.2) is 0 Å². The summed E-state index contributed by atoms with van der Waals surface area (Å²) in [5.41, 5.74) is 19.2. The second-order valence-electron chi connectivity index (χ2n) is 18.4. The van der Waals surface area contributed by atoms with E-state index in [1.54, 1.807) is 0 Å². The minimum absolute atomic E-state index is 0.476. The van der Waals surface area contributed by atoms with Crippen molar-refractivity contribution in [2.24, 2.45) is 0 Å². The maximum atomic E-state index is 6.17. The molecule has 2 heterocycles. The average molecular weight is 910 g/mol. The van der Waals surface area contributed by atoms with E-state index < -0.39 is 5.41 Å². The lowest BCUT2D eigenvalue weighted by Gasteiger charge is -2.34. The molecule has 0 atom stereocenters. The summed E-state index contributed by atoms with van der Waals surface area (Å²) < 4.78 is 8.79. The van der Waals surface area contributed by atoms with Crippen LogP contribution >= 0.6 is 11.3 Å². The highest BCUT2D eigenvalue weighted by Crippen LogP contribution is 2.57. The molecule has 14 rings (SSSR count). The molecule has 11 aromatic carbocycles. The summed E-state index contributed by atoms with van der Waals surface area (Å²) in [6, 6.07) is 95.7. The second kappa shape index (κ2) is 16.2. The number of thiophene rings is 1. The van der Waals surface area contributed by atoms with E-state index in [0.29, 0.717) is 0 Å². The molecule has 0 N–H and O–H groups in total. The lowest BCUT2D eigenvalue weighted by atomic mass is 9.68. The highest BCUT2D eigenvalue weighted by atomic mass is 32.1. The maximum Gasteiger partial charge on any atom is 0.135 e. The van der Waals surface area contributed by atoms with E-state index in [9.17, 15) is 0 Å². The average Bonchev–Trinajstić information content (AvgIpc) is 4.10. The molecule has 0 fully saturated rings. The van der Waals surface area contributed by atoms with Crippen molar-refractivity contribution in [2.75, 3.05) is 4.90 Å². The molecular weight excluding hydrogens is 867 g/mol. The van der Waals surface area contributed by atoms with Crippen molar-refractivity contribution in [3.8, 4) is 44.5 Å². The highest BCUT2D eigenvalue weighted by molar-refractivity contribution is 7.25. The third-order valence-electron chi connectivity index (χ3n) is 14.5. The fourth-order valence-electron chi connectivity index (χ4n) is 11.3. The van der Waals surface area contributed by atoms with Gasteiger partial charge in [0.2, 0.25) is 0 Å². The third kappa shape index (κ3) is 6.40. The highest BCUT2D eigenvalue weighted by Gasteiger charge is 2.46. The van der Waals surface area contributed by atoms with Crippen molar-refractivity contribution >= 4 is 70.5 Å². The van der Waals surface area contributed by atoms with Crippen LogP contribution in [0.2, 0.25) is 0 Å². The summed E-state index contributed by atoms with van der Waals surface area (Å²) in [6.45, 7) is 0. The number of anilines is 3. The van der Waals surface area contributed by atoms with E-state index in [1.165, 1.54) is 75.8 Å². The van der Waals surface area contributed by atoms with Crippen LogP contribution in [-0.2, 0) is 5.41 Å². The molecule has 1 aliphatic rings. The van der Waals surface area contributed by atoms with Gasteiger partial charge in [0.15, 0.2) is 0 Å². The summed E-state index contributed by atoms with van der Waals surface area (Å²) >= 11 is 1.86. The van der Waals surface area contributed by atoms with Gasteiger partial charge in [-0.15, -0.1) is 11.3 Å². The van der Waals surface area contributed by atoms with Crippen molar-refractivity contribution in [3.05, 3.63) is 283 Å². The largest absolute Gasteiger partial charge is 0.456 e. The zero-order valence-corrected chi connectivity index (χ0v) is 38.9. The molecule has 0 spiro atoms. The SMILES string of the molecule is c1ccc(C2(c3ccccc3)c3ccccc3-c3cc(N(c4ccc(-c5cccc(-c6ccc7oc8ccccc8c7c6)c5)cc4)c4cccc(-c5ccc6sc7ccccc7c6c5)c4)ccc32)cc1. The van der Waals surface area contributed by atoms with Gasteiger partial charge >= 0.3 is 0 Å². The van der Waals surface area contributed by atoms with Gasteiger partial charge in [-0.05, 0) is 146 Å². The lowest BCUT2D eigenvalue weighted by Crippen LogP contribution is -2.28. The van der Waals surface area contributed by atoms with Gasteiger partial charge in [0.25, 0.3) is 0 Å². The Kier molecular flexibility index (Phi) is 9.33. The molecular formula is C67H43NOS. The van der Waals surface area contributed by atoms with Crippen LogP contribution in [0.4, 0.5) is 17.1 Å². The molecule has 0 bridgehead atoms. The third-order valence-corrected chi connectivity index (χ3v) is 15.7. The van der Waals surface area contributed by atoms with Gasteiger partial charge in [0, 0.05) is 48.0 Å². The van der Waals surface area contributed by atoms with Crippen molar-refractivity contribution in [1.29, 1.82) is 0 Å². The van der Waals surface area contributed by atoms with Crippen molar-refractivity contribution in [1.82, 2.24) is 0 Å². The van der Waals surface area contributed by atoms with Gasteiger partial charge in [-0.25, -0.2) is 0 Å². The van der Waals surface area contributed by atoms with Gasteiger partial charge in [0.05, 0.1) is 5.41 Å². The zero-order valence-electron chi connectivity index (χ0n) is 38.1. The fraction of sp³-hybridized carbons (Fsp3) is 0.0149.